The number of hydrogen-bond donors (Lipinski definition) is 1. The summed E-state index contributed by atoms with van der Waals surface area (Å²) >= 11 is 8.89. The summed E-state index contributed by atoms with van der Waals surface area (Å²) in [6.45, 7) is 0. The van der Waals surface area contributed by atoms with E-state index in [4.69, 9.17) is 20.8 Å². The SMILES string of the molecule is O=C(CCl)Oc1ccc(/C=C(\NC(=O)c2ccccc2)c2nc3ccccc3o2)cc1Br. The Morgan fingerprint density at radius 1 is 1.06 bits per heavy atom. The number of amides is 1. The molecule has 0 atom stereocenters. The number of hydrogen-bond acceptors (Lipinski definition) is 5. The molecule has 0 bridgehead atoms. The first-order chi connectivity index (χ1) is 15.5. The third-order valence-electron chi connectivity index (χ3n) is 4.41. The molecule has 0 fully saturated rings. The molecule has 0 unspecified atom stereocenters. The largest absolute Gasteiger partial charge is 0.435 e. The Hall–Kier alpha value is -3.42. The van der Waals surface area contributed by atoms with Crippen molar-refractivity contribution in [1.82, 2.24) is 10.3 Å². The predicted octanol–water partition coefficient (Wildman–Crippen LogP) is 5.66. The maximum atomic E-state index is 12.8. The molecule has 1 aromatic heterocycles. The predicted molar refractivity (Wildman–Crippen MR) is 126 cm³/mol. The van der Waals surface area contributed by atoms with E-state index in [0.717, 1.165) is 0 Å². The number of carbonyl (C=O) groups excluding carboxylic acids is 2. The Labute approximate surface area is 197 Å². The minimum absolute atomic E-state index is 0.249. The van der Waals surface area contributed by atoms with Gasteiger partial charge < -0.3 is 14.5 Å². The molecule has 0 aliphatic carbocycles. The molecule has 3 aromatic carbocycles. The van der Waals surface area contributed by atoms with E-state index >= 15 is 0 Å². The summed E-state index contributed by atoms with van der Waals surface area (Å²) in [7, 11) is 0. The molecule has 1 N–H and O–H groups in total. The van der Waals surface area contributed by atoms with Gasteiger partial charge in [-0.05, 0) is 64.0 Å². The zero-order valence-corrected chi connectivity index (χ0v) is 18.9. The summed E-state index contributed by atoms with van der Waals surface area (Å²) in [5, 5.41) is 2.88. The number of nitrogens with one attached hydrogen (secondary N) is 1. The van der Waals surface area contributed by atoms with E-state index in [1.807, 2.05) is 24.3 Å². The van der Waals surface area contributed by atoms with Crippen LogP contribution in [0.2, 0.25) is 0 Å². The summed E-state index contributed by atoms with van der Waals surface area (Å²) in [5.74, 6) is -0.501. The highest BCUT2D eigenvalue weighted by atomic mass is 79.9. The van der Waals surface area contributed by atoms with Gasteiger partial charge in [-0.25, -0.2) is 4.98 Å². The highest BCUT2D eigenvalue weighted by molar-refractivity contribution is 9.10. The van der Waals surface area contributed by atoms with Crippen LogP contribution in [0.1, 0.15) is 21.8 Å². The molecule has 32 heavy (non-hydrogen) atoms. The minimum atomic E-state index is -0.557. The molecule has 0 saturated carbocycles. The second kappa shape index (κ2) is 9.80. The van der Waals surface area contributed by atoms with Gasteiger partial charge in [0.15, 0.2) is 5.58 Å². The van der Waals surface area contributed by atoms with Crippen LogP contribution in [0.15, 0.2) is 81.7 Å². The van der Waals surface area contributed by atoms with Crippen LogP contribution in [0.3, 0.4) is 0 Å². The van der Waals surface area contributed by atoms with Gasteiger partial charge in [0.05, 0.1) is 4.47 Å². The molecule has 4 rings (SSSR count). The van der Waals surface area contributed by atoms with Crippen LogP contribution >= 0.6 is 27.5 Å². The Bertz CT molecular complexity index is 1290. The summed E-state index contributed by atoms with van der Waals surface area (Å²) in [5.41, 5.74) is 2.87. The lowest BCUT2D eigenvalue weighted by Crippen LogP contribution is -2.22. The molecule has 0 radical (unpaired) electrons. The number of benzene rings is 3. The minimum Gasteiger partial charge on any atom is -0.435 e. The third-order valence-corrected chi connectivity index (χ3v) is 5.25. The average Bonchev–Trinajstić information content (AvgIpc) is 3.25. The van der Waals surface area contributed by atoms with Gasteiger partial charge in [0, 0.05) is 5.56 Å². The smallest absolute Gasteiger partial charge is 0.326 e. The zero-order chi connectivity index (χ0) is 22.5. The van der Waals surface area contributed by atoms with Gasteiger partial charge in [-0.15, -0.1) is 11.6 Å². The number of halogens is 2. The number of oxazole rings is 1. The van der Waals surface area contributed by atoms with Crippen LogP contribution in [0.4, 0.5) is 0 Å². The second-order valence-electron chi connectivity index (χ2n) is 6.66. The molecule has 160 valence electrons. The van der Waals surface area contributed by atoms with E-state index in [1.165, 1.54) is 0 Å². The maximum absolute atomic E-state index is 12.8. The first-order valence-electron chi connectivity index (χ1n) is 9.54. The van der Waals surface area contributed by atoms with Gasteiger partial charge in [0.1, 0.15) is 22.8 Å². The molecule has 0 aliphatic heterocycles. The second-order valence-corrected chi connectivity index (χ2v) is 7.78. The Morgan fingerprint density at radius 2 is 1.81 bits per heavy atom. The molecular weight excluding hydrogens is 496 g/mol. The Balaban J connectivity index is 1.71. The summed E-state index contributed by atoms with van der Waals surface area (Å²) in [4.78, 5) is 28.8. The lowest BCUT2D eigenvalue weighted by atomic mass is 10.1. The standard InChI is InChI=1S/C24H16BrClN2O4/c25-17-12-15(10-11-20(17)31-22(29)14-26)13-19(27-23(30)16-6-2-1-3-7-16)24-28-18-8-4-5-9-21(18)32-24/h1-13H,14H2,(H,27,30)/b19-13-. The van der Waals surface area contributed by atoms with E-state index in [1.54, 1.807) is 54.6 Å². The lowest BCUT2D eigenvalue weighted by molar-refractivity contribution is -0.131. The molecular formula is C24H16BrClN2O4. The normalized spacial score (nSPS) is 11.4. The van der Waals surface area contributed by atoms with Crippen molar-refractivity contribution >= 4 is 62.3 Å². The number of fused-ring (bicyclic) bond motifs is 1. The number of para-hydroxylation sites is 2. The van der Waals surface area contributed by atoms with Crippen LogP contribution in [-0.2, 0) is 4.79 Å². The molecule has 6 nitrogen and oxygen atoms in total. The van der Waals surface area contributed by atoms with Crippen molar-refractivity contribution in [2.24, 2.45) is 0 Å². The maximum Gasteiger partial charge on any atom is 0.326 e. The Morgan fingerprint density at radius 3 is 2.53 bits per heavy atom. The Kier molecular flexibility index (Phi) is 6.68. The fraction of sp³-hybridized carbons (Fsp3) is 0.0417. The van der Waals surface area contributed by atoms with Crippen molar-refractivity contribution < 1.29 is 18.7 Å². The van der Waals surface area contributed by atoms with Crippen LogP contribution in [0.5, 0.6) is 5.75 Å². The van der Waals surface area contributed by atoms with Crippen molar-refractivity contribution in [2.75, 3.05) is 5.88 Å². The van der Waals surface area contributed by atoms with Crippen molar-refractivity contribution in [3.63, 3.8) is 0 Å². The van der Waals surface area contributed by atoms with E-state index in [9.17, 15) is 9.59 Å². The first-order valence-corrected chi connectivity index (χ1v) is 10.9. The number of carbonyl (C=O) groups is 2. The van der Waals surface area contributed by atoms with Gasteiger partial charge in [-0.2, -0.15) is 0 Å². The molecule has 8 heteroatoms. The highest BCUT2D eigenvalue weighted by Gasteiger charge is 2.16. The van der Waals surface area contributed by atoms with Crippen LogP contribution in [-0.4, -0.2) is 22.7 Å². The van der Waals surface area contributed by atoms with E-state index in [2.05, 4.69) is 26.2 Å². The van der Waals surface area contributed by atoms with Gasteiger partial charge in [-0.1, -0.05) is 36.4 Å². The summed E-state index contributed by atoms with van der Waals surface area (Å²) in [6, 6.07) is 21.3. The summed E-state index contributed by atoms with van der Waals surface area (Å²) < 4.78 is 11.6. The van der Waals surface area contributed by atoms with Crippen molar-refractivity contribution in [3.05, 3.63) is 94.3 Å². The van der Waals surface area contributed by atoms with Crippen LogP contribution in [0, 0.1) is 0 Å². The monoisotopic (exact) mass is 510 g/mol. The molecule has 0 saturated heterocycles. The molecule has 0 spiro atoms. The molecule has 4 aromatic rings. The van der Waals surface area contributed by atoms with Gasteiger partial charge in [0.2, 0.25) is 5.89 Å². The number of esters is 1. The van der Waals surface area contributed by atoms with Gasteiger partial charge in [0.25, 0.3) is 5.91 Å². The topological polar surface area (TPSA) is 81.4 Å². The van der Waals surface area contributed by atoms with Crippen molar-refractivity contribution in [1.29, 1.82) is 0 Å². The fourth-order valence-electron chi connectivity index (χ4n) is 2.93. The van der Waals surface area contributed by atoms with E-state index in [-0.39, 0.29) is 17.7 Å². The van der Waals surface area contributed by atoms with Crippen molar-refractivity contribution in [2.45, 2.75) is 0 Å². The van der Waals surface area contributed by atoms with Crippen molar-refractivity contribution in [3.8, 4) is 5.75 Å². The summed E-state index contributed by atoms with van der Waals surface area (Å²) in [6.07, 6.45) is 1.73. The molecule has 1 amide bonds. The highest BCUT2D eigenvalue weighted by Crippen LogP contribution is 2.28. The number of nitrogens with zero attached hydrogens (tertiary/aromatic N) is 1. The third kappa shape index (κ3) is 5.07. The van der Waals surface area contributed by atoms with E-state index < -0.39 is 5.97 Å². The fourth-order valence-corrected chi connectivity index (χ4v) is 3.46. The number of rotatable bonds is 6. The quantitative estimate of drug-likeness (QED) is 0.205. The van der Waals surface area contributed by atoms with E-state index in [0.29, 0.717) is 38.1 Å². The first kappa shape index (κ1) is 21.8. The zero-order valence-electron chi connectivity index (χ0n) is 16.5. The van der Waals surface area contributed by atoms with Crippen LogP contribution < -0.4 is 10.1 Å². The molecule has 0 aliphatic rings. The number of ether oxygens (including phenoxy) is 1. The van der Waals surface area contributed by atoms with Crippen LogP contribution in [0.25, 0.3) is 22.9 Å². The lowest BCUT2D eigenvalue weighted by Gasteiger charge is -2.09. The number of aromatic nitrogens is 1. The molecule has 1 heterocycles. The van der Waals surface area contributed by atoms with Gasteiger partial charge >= 0.3 is 5.97 Å². The van der Waals surface area contributed by atoms with Gasteiger partial charge in [-0.3, -0.25) is 9.59 Å². The number of alkyl halides is 1. The average molecular weight is 512 g/mol.